The number of carbonyl (C=O) groups excluding carboxylic acids is 2. The standard InChI is InChI=1S/C28H23ClN2O2S/c1-18-11-13-20(14-12-18)16-31-27(32)26(34-28(31)33)15-23-19(2)30(25-10-6-4-8-22(23)25)17-21-7-3-5-9-24(21)29/h3-15H,16-17H2,1-2H3/b26-15-. The number of hydrogen-bond donors (Lipinski definition) is 0. The molecule has 4 nitrogen and oxygen atoms in total. The highest BCUT2D eigenvalue weighted by Crippen LogP contribution is 2.36. The van der Waals surface area contributed by atoms with Gasteiger partial charge >= 0.3 is 0 Å². The molecule has 0 atom stereocenters. The van der Waals surface area contributed by atoms with Gasteiger partial charge in [-0.15, -0.1) is 0 Å². The van der Waals surface area contributed by atoms with Gasteiger partial charge in [-0.3, -0.25) is 14.5 Å². The molecule has 0 bridgehead atoms. The number of rotatable bonds is 5. The van der Waals surface area contributed by atoms with Crippen molar-refractivity contribution < 1.29 is 9.59 Å². The van der Waals surface area contributed by atoms with Gasteiger partial charge in [-0.25, -0.2) is 0 Å². The quantitative estimate of drug-likeness (QED) is 0.280. The number of amides is 2. The maximum Gasteiger partial charge on any atom is 0.293 e. The lowest BCUT2D eigenvalue weighted by Gasteiger charge is -2.12. The molecule has 1 aliphatic rings. The number of para-hydroxylation sites is 1. The van der Waals surface area contributed by atoms with Crippen LogP contribution in [0.1, 0.15) is 27.9 Å². The average molecular weight is 487 g/mol. The van der Waals surface area contributed by atoms with Crippen molar-refractivity contribution in [2.24, 2.45) is 0 Å². The van der Waals surface area contributed by atoms with E-state index in [1.165, 1.54) is 4.90 Å². The molecule has 4 aromatic rings. The Labute approximate surface area is 207 Å². The Balaban J connectivity index is 1.51. The molecule has 3 aromatic carbocycles. The van der Waals surface area contributed by atoms with Gasteiger partial charge in [-0.05, 0) is 54.9 Å². The lowest BCUT2D eigenvalue weighted by Crippen LogP contribution is -2.27. The van der Waals surface area contributed by atoms with E-state index < -0.39 is 0 Å². The summed E-state index contributed by atoms with van der Waals surface area (Å²) < 4.78 is 2.21. The molecule has 0 N–H and O–H groups in total. The molecule has 1 aromatic heterocycles. The summed E-state index contributed by atoms with van der Waals surface area (Å²) in [6, 6.07) is 23.8. The van der Waals surface area contributed by atoms with Crippen LogP contribution in [0.2, 0.25) is 5.02 Å². The molecule has 1 fully saturated rings. The molecule has 1 aliphatic heterocycles. The van der Waals surface area contributed by atoms with Gasteiger partial charge in [0.1, 0.15) is 0 Å². The highest BCUT2D eigenvalue weighted by Gasteiger charge is 2.35. The van der Waals surface area contributed by atoms with Crippen molar-refractivity contribution in [3.8, 4) is 0 Å². The van der Waals surface area contributed by atoms with E-state index in [2.05, 4.69) is 10.6 Å². The lowest BCUT2D eigenvalue weighted by molar-refractivity contribution is -0.123. The highest BCUT2D eigenvalue weighted by atomic mass is 35.5. The number of imide groups is 1. The van der Waals surface area contributed by atoms with Gasteiger partial charge in [0, 0.05) is 33.7 Å². The molecule has 0 spiro atoms. The highest BCUT2D eigenvalue weighted by molar-refractivity contribution is 8.18. The summed E-state index contributed by atoms with van der Waals surface area (Å²) in [7, 11) is 0. The number of fused-ring (bicyclic) bond motifs is 1. The van der Waals surface area contributed by atoms with Gasteiger partial charge < -0.3 is 4.57 Å². The fraction of sp³-hybridized carbons (Fsp3) is 0.143. The van der Waals surface area contributed by atoms with Crippen molar-refractivity contribution in [1.82, 2.24) is 9.47 Å². The fourth-order valence-corrected chi connectivity index (χ4v) is 5.30. The minimum Gasteiger partial charge on any atom is -0.340 e. The van der Waals surface area contributed by atoms with Gasteiger partial charge in [0.2, 0.25) is 0 Å². The first-order valence-corrected chi connectivity index (χ1v) is 12.2. The van der Waals surface area contributed by atoms with E-state index >= 15 is 0 Å². The van der Waals surface area contributed by atoms with Crippen LogP contribution in [0.4, 0.5) is 4.79 Å². The Morgan fingerprint density at radius 2 is 1.59 bits per heavy atom. The van der Waals surface area contributed by atoms with E-state index in [0.29, 0.717) is 11.4 Å². The Morgan fingerprint density at radius 1 is 0.882 bits per heavy atom. The third-order valence-electron chi connectivity index (χ3n) is 6.18. The Bertz CT molecular complexity index is 1450. The molecule has 1 saturated heterocycles. The molecule has 0 unspecified atom stereocenters. The summed E-state index contributed by atoms with van der Waals surface area (Å²) in [5, 5.41) is 1.52. The smallest absolute Gasteiger partial charge is 0.293 e. The van der Waals surface area contributed by atoms with Crippen LogP contribution in [0.25, 0.3) is 17.0 Å². The van der Waals surface area contributed by atoms with Crippen molar-refractivity contribution in [1.29, 1.82) is 0 Å². The number of hydrogen-bond acceptors (Lipinski definition) is 3. The molecule has 0 saturated carbocycles. The second kappa shape index (κ2) is 9.16. The van der Waals surface area contributed by atoms with Crippen molar-refractivity contribution in [2.75, 3.05) is 0 Å². The summed E-state index contributed by atoms with van der Waals surface area (Å²) >= 11 is 7.43. The largest absolute Gasteiger partial charge is 0.340 e. The number of benzene rings is 3. The Kier molecular flexibility index (Phi) is 6.07. The van der Waals surface area contributed by atoms with E-state index in [-0.39, 0.29) is 17.7 Å². The van der Waals surface area contributed by atoms with Crippen molar-refractivity contribution in [2.45, 2.75) is 26.9 Å². The van der Waals surface area contributed by atoms with E-state index in [9.17, 15) is 9.59 Å². The normalized spacial score (nSPS) is 15.1. The number of carbonyl (C=O) groups is 2. The van der Waals surface area contributed by atoms with E-state index in [4.69, 9.17) is 11.6 Å². The second-order valence-electron chi connectivity index (χ2n) is 8.45. The molecule has 0 aliphatic carbocycles. The number of aryl methyl sites for hydroxylation is 1. The van der Waals surface area contributed by atoms with Crippen molar-refractivity contribution in [3.63, 3.8) is 0 Å². The molecular weight excluding hydrogens is 464 g/mol. The average Bonchev–Trinajstić information content (AvgIpc) is 3.25. The van der Waals surface area contributed by atoms with Crippen LogP contribution in [0.5, 0.6) is 0 Å². The first kappa shape index (κ1) is 22.5. The zero-order chi connectivity index (χ0) is 23.8. The molecule has 5 rings (SSSR count). The first-order chi connectivity index (χ1) is 16.4. The van der Waals surface area contributed by atoms with Crippen molar-refractivity contribution >= 4 is 51.5 Å². The van der Waals surface area contributed by atoms with Crippen LogP contribution in [0, 0.1) is 13.8 Å². The molecule has 34 heavy (non-hydrogen) atoms. The molecule has 2 heterocycles. The summed E-state index contributed by atoms with van der Waals surface area (Å²) in [6.07, 6.45) is 1.86. The van der Waals surface area contributed by atoms with Crippen LogP contribution < -0.4 is 0 Å². The molecule has 6 heteroatoms. The SMILES string of the molecule is Cc1ccc(CN2C(=O)S/C(=C\c3c(C)n(Cc4ccccc4Cl)c4ccccc34)C2=O)cc1. The first-order valence-electron chi connectivity index (χ1n) is 11.0. The predicted molar refractivity (Wildman–Crippen MR) is 140 cm³/mol. The molecule has 0 radical (unpaired) electrons. The fourth-order valence-electron chi connectivity index (χ4n) is 4.28. The molecule has 170 valence electrons. The number of nitrogens with zero attached hydrogens (tertiary/aromatic N) is 2. The third kappa shape index (κ3) is 4.17. The van der Waals surface area contributed by atoms with Crippen LogP contribution in [-0.4, -0.2) is 20.6 Å². The Morgan fingerprint density at radius 3 is 2.35 bits per heavy atom. The van der Waals surface area contributed by atoms with Gasteiger partial charge in [-0.2, -0.15) is 0 Å². The second-order valence-corrected chi connectivity index (χ2v) is 9.85. The van der Waals surface area contributed by atoms with Crippen LogP contribution in [0.3, 0.4) is 0 Å². The van der Waals surface area contributed by atoms with Crippen LogP contribution in [0.15, 0.2) is 77.7 Å². The van der Waals surface area contributed by atoms with Gasteiger partial charge in [0.05, 0.1) is 11.4 Å². The van der Waals surface area contributed by atoms with Crippen LogP contribution >= 0.6 is 23.4 Å². The van der Waals surface area contributed by atoms with Crippen molar-refractivity contribution in [3.05, 3.63) is 111 Å². The Hall–Kier alpha value is -3.28. The summed E-state index contributed by atoms with van der Waals surface area (Å²) in [5.74, 6) is -0.252. The minimum absolute atomic E-state index is 0.241. The van der Waals surface area contributed by atoms with E-state index in [1.54, 1.807) is 0 Å². The van der Waals surface area contributed by atoms with E-state index in [1.807, 2.05) is 86.7 Å². The zero-order valence-corrected chi connectivity index (χ0v) is 20.5. The number of halogens is 1. The summed E-state index contributed by atoms with van der Waals surface area (Å²) in [4.78, 5) is 27.6. The predicted octanol–water partition coefficient (Wildman–Crippen LogP) is 7.20. The van der Waals surface area contributed by atoms with Crippen LogP contribution in [-0.2, 0) is 17.9 Å². The topological polar surface area (TPSA) is 42.3 Å². The zero-order valence-electron chi connectivity index (χ0n) is 18.9. The monoisotopic (exact) mass is 486 g/mol. The van der Waals surface area contributed by atoms with Gasteiger partial charge in [0.25, 0.3) is 11.1 Å². The van der Waals surface area contributed by atoms with Gasteiger partial charge in [0.15, 0.2) is 0 Å². The number of thioether (sulfide) groups is 1. The van der Waals surface area contributed by atoms with Gasteiger partial charge in [-0.1, -0.05) is 77.8 Å². The minimum atomic E-state index is -0.252. The molecule has 2 amide bonds. The summed E-state index contributed by atoms with van der Waals surface area (Å²) in [5.41, 5.74) is 6.13. The van der Waals surface area contributed by atoms with E-state index in [0.717, 1.165) is 55.6 Å². The maximum absolute atomic E-state index is 13.2. The number of aromatic nitrogens is 1. The third-order valence-corrected chi connectivity index (χ3v) is 7.45. The maximum atomic E-state index is 13.2. The summed E-state index contributed by atoms with van der Waals surface area (Å²) in [6.45, 7) is 4.95. The molecular formula is C28H23ClN2O2S. The lowest BCUT2D eigenvalue weighted by atomic mass is 10.1.